The average Bonchev–Trinajstić information content (AvgIpc) is 3.08. The Balaban J connectivity index is 1.65. The number of hydrogen-bond acceptors (Lipinski definition) is 6. The lowest BCUT2D eigenvalue weighted by Crippen LogP contribution is -2.28. The summed E-state index contributed by atoms with van der Waals surface area (Å²) in [6.07, 6.45) is 5.07. The summed E-state index contributed by atoms with van der Waals surface area (Å²) in [7, 11) is 1.58. The van der Waals surface area contributed by atoms with E-state index in [1.807, 2.05) is 0 Å². The molecule has 2 aromatic rings. The lowest BCUT2D eigenvalue weighted by Gasteiger charge is -2.15. The van der Waals surface area contributed by atoms with Crippen LogP contribution in [0.5, 0.6) is 5.88 Å². The van der Waals surface area contributed by atoms with Crippen LogP contribution in [-0.2, 0) is 17.6 Å². The van der Waals surface area contributed by atoms with Crippen molar-refractivity contribution < 1.29 is 9.47 Å². The molecule has 112 valence electrons. The molecule has 0 fully saturated rings. The lowest BCUT2D eigenvalue weighted by atomic mass is 9.99. The van der Waals surface area contributed by atoms with E-state index in [9.17, 15) is 0 Å². The Morgan fingerprint density at radius 2 is 2.05 bits per heavy atom. The van der Waals surface area contributed by atoms with Crippen LogP contribution >= 0.6 is 0 Å². The fourth-order valence-corrected chi connectivity index (χ4v) is 3.15. The Labute approximate surface area is 128 Å². The lowest BCUT2D eigenvalue weighted by molar-refractivity contribution is 0.258. The molecule has 2 aliphatic rings. The number of nitrogens with zero attached hydrogens (tertiary/aromatic N) is 3. The van der Waals surface area contributed by atoms with Crippen molar-refractivity contribution in [1.29, 1.82) is 0 Å². The smallest absolute Gasteiger partial charge is 0.282 e. The molecule has 1 aliphatic heterocycles. The molecular weight excluding hydrogens is 280 g/mol. The summed E-state index contributed by atoms with van der Waals surface area (Å²) in [5, 5.41) is 0. The zero-order valence-corrected chi connectivity index (χ0v) is 12.2. The number of nitrogens with two attached hydrogens (primary N) is 1. The van der Waals surface area contributed by atoms with Crippen molar-refractivity contribution in [3.63, 3.8) is 0 Å². The van der Waals surface area contributed by atoms with Crippen molar-refractivity contribution in [2.75, 3.05) is 13.7 Å². The third-order valence-electron chi connectivity index (χ3n) is 4.21. The summed E-state index contributed by atoms with van der Waals surface area (Å²) >= 11 is 0. The Hall–Kier alpha value is -2.63. The molecule has 2 heterocycles. The number of amidine groups is 1. The maximum absolute atomic E-state index is 5.67. The van der Waals surface area contributed by atoms with Crippen molar-refractivity contribution in [3.8, 4) is 17.1 Å². The Morgan fingerprint density at radius 1 is 1.18 bits per heavy atom. The van der Waals surface area contributed by atoms with E-state index < -0.39 is 0 Å². The zero-order valence-electron chi connectivity index (χ0n) is 12.2. The number of methoxy groups -OCH3 is 1. The molecule has 0 radical (unpaired) electrons. The SMILES string of the molecule is COc1cnc(-c2ccc3c(c2)CC2(COC(N)=N2)C3)cn1. The van der Waals surface area contributed by atoms with E-state index in [0.717, 1.165) is 24.1 Å². The Bertz CT molecular complexity index is 757. The van der Waals surface area contributed by atoms with E-state index in [0.29, 0.717) is 18.5 Å². The second-order valence-corrected chi connectivity index (χ2v) is 5.74. The molecule has 0 saturated carbocycles. The first-order valence-corrected chi connectivity index (χ1v) is 7.14. The Morgan fingerprint density at radius 3 is 2.73 bits per heavy atom. The van der Waals surface area contributed by atoms with Gasteiger partial charge in [0.25, 0.3) is 6.02 Å². The Kier molecular flexibility index (Phi) is 2.79. The molecule has 6 nitrogen and oxygen atoms in total. The highest BCUT2D eigenvalue weighted by Crippen LogP contribution is 2.37. The van der Waals surface area contributed by atoms with Crippen molar-refractivity contribution in [2.45, 2.75) is 18.4 Å². The molecule has 1 atom stereocenters. The summed E-state index contributed by atoms with van der Waals surface area (Å²) < 4.78 is 10.4. The van der Waals surface area contributed by atoms with E-state index in [2.05, 4.69) is 33.2 Å². The highest BCUT2D eigenvalue weighted by molar-refractivity contribution is 5.74. The maximum atomic E-state index is 5.67. The van der Waals surface area contributed by atoms with Gasteiger partial charge in [-0.25, -0.2) is 15.0 Å². The first-order valence-electron chi connectivity index (χ1n) is 7.14. The normalized spacial score (nSPS) is 22.3. The van der Waals surface area contributed by atoms with Gasteiger partial charge in [-0.15, -0.1) is 0 Å². The van der Waals surface area contributed by atoms with Crippen LogP contribution in [-0.4, -0.2) is 35.2 Å². The molecule has 6 heteroatoms. The molecule has 1 aromatic heterocycles. The van der Waals surface area contributed by atoms with E-state index in [1.165, 1.54) is 11.1 Å². The van der Waals surface area contributed by atoms with Gasteiger partial charge in [0.2, 0.25) is 5.88 Å². The molecule has 0 saturated heterocycles. The van der Waals surface area contributed by atoms with E-state index in [4.69, 9.17) is 15.2 Å². The summed E-state index contributed by atoms with van der Waals surface area (Å²) in [6.45, 7) is 0.561. The minimum absolute atomic E-state index is 0.212. The monoisotopic (exact) mass is 296 g/mol. The minimum Gasteiger partial charge on any atom is -0.480 e. The van der Waals surface area contributed by atoms with Gasteiger partial charge in [-0.2, -0.15) is 0 Å². The van der Waals surface area contributed by atoms with Crippen LogP contribution in [0.25, 0.3) is 11.3 Å². The van der Waals surface area contributed by atoms with Gasteiger partial charge in [-0.1, -0.05) is 12.1 Å². The van der Waals surface area contributed by atoms with Crippen LogP contribution in [0.2, 0.25) is 0 Å². The zero-order chi connectivity index (χ0) is 15.2. The van der Waals surface area contributed by atoms with Crippen LogP contribution in [0.1, 0.15) is 11.1 Å². The number of aliphatic imine (C=N–C) groups is 1. The molecule has 1 spiro atoms. The molecule has 22 heavy (non-hydrogen) atoms. The van der Waals surface area contributed by atoms with Crippen molar-refractivity contribution in [3.05, 3.63) is 41.7 Å². The van der Waals surface area contributed by atoms with Crippen LogP contribution in [0, 0.1) is 0 Å². The van der Waals surface area contributed by atoms with Crippen LogP contribution in [0.4, 0.5) is 0 Å². The van der Waals surface area contributed by atoms with Gasteiger partial charge in [0.1, 0.15) is 12.1 Å². The van der Waals surface area contributed by atoms with Gasteiger partial charge in [0.15, 0.2) is 0 Å². The molecule has 1 aromatic carbocycles. The highest BCUT2D eigenvalue weighted by atomic mass is 16.5. The van der Waals surface area contributed by atoms with Gasteiger partial charge in [0, 0.05) is 18.4 Å². The van der Waals surface area contributed by atoms with E-state index in [1.54, 1.807) is 19.5 Å². The molecule has 2 N–H and O–H groups in total. The molecule has 1 aliphatic carbocycles. The first kappa shape index (κ1) is 13.1. The van der Waals surface area contributed by atoms with Gasteiger partial charge < -0.3 is 15.2 Å². The summed E-state index contributed by atoms with van der Waals surface area (Å²) in [5.41, 5.74) is 9.90. The molecule has 1 unspecified atom stereocenters. The van der Waals surface area contributed by atoms with E-state index >= 15 is 0 Å². The number of ether oxygens (including phenoxy) is 2. The van der Waals surface area contributed by atoms with Gasteiger partial charge in [-0.3, -0.25) is 0 Å². The second-order valence-electron chi connectivity index (χ2n) is 5.74. The van der Waals surface area contributed by atoms with Gasteiger partial charge in [0.05, 0.1) is 25.2 Å². The number of aromatic nitrogens is 2. The third kappa shape index (κ3) is 2.07. The summed E-state index contributed by atoms with van der Waals surface area (Å²) in [5.74, 6) is 0.511. The van der Waals surface area contributed by atoms with E-state index in [-0.39, 0.29) is 5.54 Å². The first-order chi connectivity index (χ1) is 10.7. The van der Waals surface area contributed by atoms with Crippen molar-refractivity contribution in [1.82, 2.24) is 9.97 Å². The maximum Gasteiger partial charge on any atom is 0.282 e. The minimum atomic E-state index is -0.212. The molecule has 0 amide bonds. The molecule has 0 bridgehead atoms. The quantitative estimate of drug-likeness (QED) is 0.904. The van der Waals surface area contributed by atoms with Gasteiger partial charge in [-0.05, 0) is 17.2 Å². The summed E-state index contributed by atoms with van der Waals surface area (Å²) in [6, 6.07) is 6.66. The number of rotatable bonds is 2. The topological polar surface area (TPSA) is 82.6 Å². The van der Waals surface area contributed by atoms with Crippen molar-refractivity contribution >= 4 is 6.02 Å². The standard InChI is InChI=1S/C16H16N4O2/c1-21-14-8-18-13(7-19-14)10-2-3-11-5-16(6-12(11)4-10)9-22-15(17)20-16/h2-4,7-8H,5-6,9H2,1H3,(H2,17,20). The summed E-state index contributed by atoms with van der Waals surface area (Å²) in [4.78, 5) is 13.1. The third-order valence-corrected chi connectivity index (χ3v) is 4.21. The fraction of sp³-hybridized carbons (Fsp3) is 0.312. The molecule has 4 rings (SSSR count). The number of fused-ring (bicyclic) bond motifs is 1. The average molecular weight is 296 g/mol. The van der Waals surface area contributed by atoms with Crippen LogP contribution in [0.15, 0.2) is 35.6 Å². The predicted octanol–water partition coefficient (Wildman–Crippen LogP) is 1.33. The number of hydrogen-bond donors (Lipinski definition) is 1. The predicted molar refractivity (Wildman–Crippen MR) is 81.7 cm³/mol. The highest BCUT2D eigenvalue weighted by Gasteiger charge is 2.41. The fourth-order valence-electron chi connectivity index (χ4n) is 3.15. The second kappa shape index (κ2) is 4.69. The van der Waals surface area contributed by atoms with Crippen LogP contribution < -0.4 is 10.5 Å². The number of benzene rings is 1. The van der Waals surface area contributed by atoms with Gasteiger partial charge >= 0.3 is 0 Å². The van der Waals surface area contributed by atoms with Crippen LogP contribution in [0.3, 0.4) is 0 Å². The molecular formula is C16H16N4O2. The van der Waals surface area contributed by atoms with Crippen molar-refractivity contribution in [2.24, 2.45) is 10.7 Å². The largest absolute Gasteiger partial charge is 0.480 e.